The molecule has 0 bridgehead atoms. The number of nitrogens with one attached hydrogen (secondary N) is 1. The third-order valence-corrected chi connectivity index (χ3v) is 4.01. The Kier molecular flexibility index (Phi) is 8.36. The Morgan fingerprint density at radius 2 is 1.77 bits per heavy atom. The van der Waals surface area contributed by atoms with Gasteiger partial charge in [0.2, 0.25) is 5.91 Å². The average molecular weight is 313 g/mol. The molecule has 1 amide bonds. The first-order valence-electron chi connectivity index (χ1n) is 8.68. The topological polar surface area (TPSA) is 44.8 Å². The van der Waals surface area contributed by atoms with Crippen molar-refractivity contribution >= 4 is 5.91 Å². The SMILES string of the molecule is CC(C)NC(=O)CN1CC(C)N(CCCOC(C)C)C(C)C1. The molecule has 5 nitrogen and oxygen atoms in total. The average Bonchev–Trinajstić information content (AvgIpc) is 2.35. The molecule has 1 saturated heterocycles. The van der Waals surface area contributed by atoms with Crippen LogP contribution in [-0.4, -0.2) is 72.7 Å². The zero-order valence-corrected chi connectivity index (χ0v) is 15.3. The monoisotopic (exact) mass is 313 g/mol. The molecule has 1 aliphatic heterocycles. The molecule has 1 rings (SSSR count). The van der Waals surface area contributed by atoms with Gasteiger partial charge in [-0.05, 0) is 48.0 Å². The Labute approximate surface area is 136 Å². The molecule has 1 N–H and O–H groups in total. The number of nitrogens with zero attached hydrogens (tertiary/aromatic N) is 2. The van der Waals surface area contributed by atoms with Crippen molar-refractivity contribution in [3.8, 4) is 0 Å². The number of amides is 1. The molecule has 1 aliphatic rings. The summed E-state index contributed by atoms with van der Waals surface area (Å²) in [5.41, 5.74) is 0. The van der Waals surface area contributed by atoms with Crippen molar-refractivity contribution < 1.29 is 9.53 Å². The lowest BCUT2D eigenvalue weighted by Gasteiger charge is -2.44. The van der Waals surface area contributed by atoms with Crippen LogP contribution < -0.4 is 5.32 Å². The van der Waals surface area contributed by atoms with Gasteiger partial charge in [-0.3, -0.25) is 14.6 Å². The molecule has 130 valence electrons. The van der Waals surface area contributed by atoms with E-state index in [4.69, 9.17) is 4.74 Å². The number of hydrogen-bond donors (Lipinski definition) is 1. The van der Waals surface area contributed by atoms with Crippen molar-refractivity contribution in [3.63, 3.8) is 0 Å². The molecule has 0 saturated carbocycles. The Bertz CT molecular complexity index is 322. The molecular weight excluding hydrogens is 278 g/mol. The van der Waals surface area contributed by atoms with Gasteiger partial charge in [0.25, 0.3) is 0 Å². The molecule has 0 radical (unpaired) electrons. The molecular formula is C17H35N3O2. The van der Waals surface area contributed by atoms with E-state index >= 15 is 0 Å². The van der Waals surface area contributed by atoms with Gasteiger partial charge in [0.15, 0.2) is 0 Å². The second-order valence-electron chi connectivity index (χ2n) is 7.13. The van der Waals surface area contributed by atoms with Crippen LogP contribution in [0.5, 0.6) is 0 Å². The molecule has 22 heavy (non-hydrogen) atoms. The molecule has 1 fully saturated rings. The van der Waals surface area contributed by atoms with Crippen LogP contribution in [0.4, 0.5) is 0 Å². The van der Waals surface area contributed by atoms with E-state index in [1.165, 1.54) is 0 Å². The standard InChI is InChI=1S/C17H35N3O2/c1-13(2)18-17(21)12-19-10-15(5)20(16(6)11-19)8-7-9-22-14(3)4/h13-16H,7-12H2,1-6H3,(H,18,21). The maximum atomic E-state index is 11.9. The Morgan fingerprint density at radius 1 is 1.18 bits per heavy atom. The minimum Gasteiger partial charge on any atom is -0.379 e. The summed E-state index contributed by atoms with van der Waals surface area (Å²) in [5.74, 6) is 0.133. The van der Waals surface area contributed by atoms with Gasteiger partial charge in [0.1, 0.15) is 0 Å². The van der Waals surface area contributed by atoms with E-state index in [0.29, 0.717) is 24.7 Å². The van der Waals surface area contributed by atoms with Gasteiger partial charge in [-0.2, -0.15) is 0 Å². The van der Waals surface area contributed by atoms with Crippen LogP contribution in [-0.2, 0) is 9.53 Å². The molecule has 2 atom stereocenters. The van der Waals surface area contributed by atoms with Gasteiger partial charge in [-0.1, -0.05) is 0 Å². The van der Waals surface area contributed by atoms with Crippen LogP contribution in [0.25, 0.3) is 0 Å². The predicted octanol–water partition coefficient (Wildman–Crippen LogP) is 1.72. The zero-order chi connectivity index (χ0) is 16.7. The molecule has 0 aliphatic carbocycles. The molecule has 0 spiro atoms. The maximum absolute atomic E-state index is 11.9. The van der Waals surface area contributed by atoms with E-state index in [1.807, 2.05) is 13.8 Å². The van der Waals surface area contributed by atoms with E-state index in [1.54, 1.807) is 0 Å². The van der Waals surface area contributed by atoms with E-state index in [0.717, 1.165) is 32.7 Å². The normalized spacial score (nSPS) is 24.2. The third-order valence-electron chi connectivity index (χ3n) is 4.01. The summed E-state index contributed by atoms with van der Waals surface area (Å²) in [6.07, 6.45) is 1.38. The van der Waals surface area contributed by atoms with Gasteiger partial charge < -0.3 is 10.1 Å². The van der Waals surface area contributed by atoms with Crippen molar-refractivity contribution in [2.45, 2.75) is 72.2 Å². The molecule has 5 heteroatoms. The largest absolute Gasteiger partial charge is 0.379 e. The minimum atomic E-state index is 0.133. The van der Waals surface area contributed by atoms with Crippen molar-refractivity contribution in [2.24, 2.45) is 0 Å². The van der Waals surface area contributed by atoms with Gasteiger partial charge in [0.05, 0.1) is 12.6 Å². The lowest BCUT2D eigenvalue weighted by Crippen LogP contribution is -2.58. The third kappa shape index (κ3) is 7.07. The summed E-state index contributed by atoms with van der Waals surface area (Å²) in [6, 6.07) is 1.17. The lowest BCUT2D eigenvalue weighted by molar-refractivity contribution is -0.123. The fourth-order valence-electron chi connectivity index (χ4n) is 3.17. The minimum absolute atomic E-state index is 0.133. The molecule has 0 aromatic rings. The van der Waals surface area contributed by atoms with E-state index in [2.05, 4.69) is 42.8 Å². The fraction of sp³-hybridized carbons (Fsp3) is 0.941. The zero-order valence-electron chi connectivity index (χ0n) is 15.3. The van der Waals surface area contributed by atoms with E-state index in [-0.39, 0.29) is 11.9 Å². The number of hydrogen-bond acceptors (Lipinski definition) is 4. The summed E-state index contributed by atoms with van der Waals surface area (Å²) >= 11 is 0. The number of carbonyl (C=O) groups excluding carboxylic acids is 1. The number of rotatable bonds is 8. The quantitative estimate of drug-likeness (QED) is 0.693. The van der Waals surface area contributed by atoms with Gasteiger partial charge >= 0.3 is 0 Å². The Balaban J connectivity index is 2.35. The van der Waals surface area contributed by atoms with Crippen LogP contribution in [0.15, 0.2) is 0 Å². The molecule has 1 heterocycles. The molecule has 0 aromatic carbocycles. The smallest absolute Gasteiger partial charge is 0.234 e. The highest BCUT2D eigenvalue weighted by molar-refractivity contribution is 5.78. The highest BCUT2D eigenvalue weighted by Crippen LogP contribution is 2.16. The van der Waals surface area contributed by atoms with Crippen molar-refractivity contribution in [1.82, 2.24) is 15.1 Å². The highest BCUT2D eigenvalue weighted by Gasteiger charge is 2.29. The van der Waals surface area contributed by atoms with E-state index in [9.17, 15) is 4.79 Å². The number of piperazine rings is 1. The highest BCUT2D eigenvalue weighted by atomic mass is 16.5. The van der Waals surface area contributed by atoms with Crippen LogP contribution in [0, 0.1) is 0 Å². The second kappa shape index (κ2) is 9.48. The van der Waals surface area contributed by atoms with Gasteiger partial charge in [0, 0.05) is 44.4 Å². The van der Waals surface area contributed by atoms with Crippen LogP contribution in [0.3, 0.4) is 0 Å². The fourth-order valence-corrected chi connectivity index (χ4v) is 3.17. The first-order valence-corrected chi connectivity index (χ1v) is 8.68. The summed E-state index contributed by atoms with van der Waals surface area (Å²) in [7, 11) is 0. The summed E-state index contributed by atoms with van der Waals surface area (Å²) in [4.78, 5) is 16.7. The second-order valence-corrected chi connectivity index (χ2v) is 7.13. The maximum Gasteiger partial charge on any atom is 0.234 e. The Morgan fingerprint density at radius 3 is 2.27 bits per heavy atom. The lowest BCUT2D eigenvalue weighted by atomic mass is 10.1. The summed E-state index contributed by atoms with van der Waals surface area (Å²) in [6.45, 7) is 17.0. The van der Waals surface area contributed by atoms with Gasteiger partial charge in [-0.25, -0.2) is 0 Å². The van der Waals surface area contributed by atoms with E-state index < -0.39 is 0 Å². The Hall–Kier alpha value is -0.650. The van der Waals surface area contributed by atoms with Crippen LogP contribution >= 0.6 is 0 Å². The summed E-state index contributed by atoms with van der Waals surface area (Å²) in [5, 5.41) is 2.97. The van der Waals surface area contributed by atoms with Crippen molar-refractivity contribution in [1.29, 1.82) is 0 Å². The van der Waals surface area contributed by atoms with Gasteiger partial charge in [-0.15, -0.1) is 0 Å². The first-order chi connectivity index (χ1) is 10.3. The number of carbonyl (C=O) groups is 1. The predicted molar refractivity (Wildman–Crippen MR) is 91.1 cm³/mol. The van der Waals surface area contributed by atoms with Crippen molar-refractivity contribution in [2.75, 3.05) is 32.8 Å². The summed E-state index contributed by atoms with van der Waals surface area (Å²) < 4.78 is 5.62. The van der Waals surface area contributed by atoms with Crippen LogP contribution in [0.2, 0.25) is 0 Å². The first kappa shape index (κ1) is 19.4. The van der Waals surface area contributed by atoms with Crippen molar-refractivity contribution in [3.05, 3.63) is 0 Å². The van der Waals surface area contributed by atoms with Crippen LogP contribution in [0.1, 0.15) is 48.0 Å². The number of ether oxygens (including phenoxy) is 1. The molecule has 0 aromatic heterocycles. The molecule has 2 unspecified atom stereocenters.